The summed E-state index contributed by atoms with van der Waals surface area (Å²) in [5.74, 6) is 0.211. The first-order valence-corrected chi connectivity index (χ1v) is 13.1. The Labute approximate surface area is 220 Å². The van der Waals surface area contributed by atoms with Crippen molar-refractivity contribution in [2.75, 3.05) is 34.1 Å². The minimum atomic E-state index is -0.671. The first kappa shape index (κ1) is 26.6. The summed E-state index contributed by atoms with van der Waals surface area (Å²) < 4.78 is 21.9. The van der Waals surface area contributed by atoms with Gasteiger partial charge in [-0.3, -0.25) is 14.5 Å². The molecule has 3 aromatic rings. The molecule has 1 atom stereocenters. The number of rotatable bonds is 9. The highest BCUT2D eigenvalue weighted by atomic mass is 32.2. The summed E-state index contributed by atoms with van der Waals surface area (Å²) in [6.07, 6.45) is 2.70. The summed E-state index contributed by atoms with van der Waals surface area (Å²) in [7, 11) is 4.53. The van der Waals surface area contributed by atoms with Crippen LogP contribution in [0.4, 0.5) is 0 Å². The number of hydrogen-bond donors (Lipinski definition) is 1. The number of nitrogens with zero attached hydrogens (tertiary/aromatic N) is 1. The highest BCUT2D eigenvalue weighted by molar-refractivity contribution is 7.98. The van der Waals surface area contributed by atoms with Gasteiger partial charge in [-0.05, 0) is 53.6 Å². The van der Waals surface area contributed by atoms with Crippen molar-refractivity contribution in [3.05, 3.63) is 80.9 Å². The molecule has 2 heterocycles. The van der Waals surface area contributed by atoms with E-state index in [1.165, 1.54) is 18.7 Å². The summed E-state index contributed by atoms with van der Waals surface area (Å²) in [5, 5.41) is 10.7. The van der Waals surface area contributed by atoms with Gasteiger partial charge in [0.15, 0.2) is 17.3 Å². The number of benzene rings is 2. The van der Waals surface area contributed by atoms with Crippen molar-refractivity contribution in [1.82, 2.24) is 4.90 Å². The number of fused-ring (bicyclic) bond motifs is 1. The van der Waals surface area contributed by atoms with E-state index in [2.05, 4.69) is 4.90 Å². The molecule has 1 N–H and O–H groups in total. The summed E-state index contributed by atoms with van der Waals surface area (Å²) in [4.78, 5) is 28.2. The van der Waals surface area contributed by atoms with Gasteiger partial charge in [0, 0.05) is 24.1 Å². The third-order valence-corrected chi connectivity index (χ3v) is 7.35. The van der Waals surface area contributed by atoms with Crippen LogP contribution >= 0.6 is 11.8 Å². The Kier molecular flexibility index (Phi) is 8.45. The molecule has 1 aliphatic rings. The van der Waals surface area contributed by atoms with Crippen molar-refractivity contribution in [2.45, 2.75) is 36.7 Å². The third-order valence-electron chi connectivity index (χ3n) is 6.61. The van der Waals surface area contributed by atoms with Crippen molar-refractivity contribution in [3.63, 3.8) is 0 Å². The van der Waals surface area contributed by atoms with E-state index < -0.39 is 23.1 Å². The van der Waals surface area contributed by atoms with Crippen LogP contribution < -0.4 is 14.9 Å². The van der Waals surface area contributed by atoms with E-state index in [-0.39, 0.29) is 12.2 Å². The van der Waals surface area contributed by atoms with Gasteiger partial charge in [0.05, 0.1) is 40.2 Å². The molecule has 196 valence electrons. The number of aromatic hydroxyl groups is 1. The van der Waals surface area contributed by atoms with Crippen LogP contribution in [-0.2, 0) is 29.0 Å². The molecule has 37 heavy (non-hydrogen) atoms. The standard InChI is InChI=1S/C28H31NO7S/c1-33-24-11-18-9-10-29(15-19(18)12-25(24)34-2)16-20-13-23(30)27(32)28(36-20)22(14-26(31)35-3)17-5-7-21(37-4)8-6-17/h5-8,11-13,22,32H,9-10,14-16H2,1-4H3/t22-/m0/s1. The van der Waals surface area contributed by atoms with E-state index in [0.717, 1.165) is 29.0 Å². The lowest BCUT2D eigenvalue weighted by atomic mass is 9.92. The van der Waals surface area contributed by atoms with E-state index >= 15 is 0 Å². The van der Waals surface area contributed by atoms with Gasteiger partial charge in [-0.15, -0.1) is 11.8 Å². The van der Waals surface area contributed by atoms with Gasteiger partial charge < -0.3 is 23.7 Å². The fourth-order valence-electron chi connectivity index (χ4n) is 4.61. The fourth-order valence-corrected chi connectivity index (χ4v) is 5.02. The van der Waals surface area contributed by atoms with Crippen LogP contribution in [0.5, 0.6) is 17.2 Å². The van der Waals surface area contributed by atoms with Gasteiger partial charge >= 0.3 is 5.97 Å². The van der Waals surface area contributed by atoms with Crippen molar-refractivity contribution in [3.8, 4) is 17.2 Å². The molecule has 0 saturated heterocycles. The highest BCUT2D eigenvalue weighted by Gasteiger charge is 2.27. The topological polar surface area (TPSA) is 98.4 Å². The zero-order valence-electron chi connectivity index (χ0n) is 21.4. The van der Waals surface area contributed by atoms with Crippen LogP contribution in [-0.4, -0.2) is 50.1 Å². The molecule has 2 aromatic carbocycles. The minimum Gasteiger partial charge on any atom is -0.502 e. The molecular formula is C28H31NO7S. The second-order valence-electron chi connectivity index (χ2n) is 8.83. The zero-order chi connectivity index (χ0) is 26.5. The molecule has 0 saturated carbocycles. The second kappa shape index (κ2) is 11.7. The Bertz CT molecular complexity index is 1320. The molecule has 1 aliphatic heterocycles. The number of carbonyl (C=O) groups excluding carboxylic acids is 1. The Balaban J connectivity index is 1.64. The maximum atomic E-state index is 12.8. The predicted molar refractivity (Wildman–Crippen MR) is 141 cm³/mol. The number of esters is 1. The average Bonchev–Trinajstić information content (AvgIpc) is 2.92. The smallest absolute Gasteiger partial charge is 0.306 e. The van der Waals surface area contributed by atoms with Crippen LogP contribution in [0.25, 0.3) is 0 Å². The summed E-state index contributed by atoms with van der Waals surface area (Å²) in [6.45, 7) is 1.76. The lowest BCUT2D eigenvalue weighted by Gasteiger charge is -2.29. The van der Waals surface area contributed by atoms with E-state index in [1.807, 2.05) is 42.7 Å². The third kappa shape index (κ3) is 5.94. The molecular weight excluding hydrogens is 494 g/mol. The van der Waals surface area contributed by atoms with E-state index in [9.17, 15) is 14.7 Å². The molecule has 4 rings (SSSR count). The number of carbonyl (C=O) groups is 1. The highest BCUT2D eigenvalue weighted by Crippen LogP contribution is 2.36. The van der Waals surface area contributed by atoms with Crippen LogP contribution in [0.3, 0.4) is 0 Å². The molecule has 0 fully saturated rings. The van der Waals surface area contributed by atoms with Crippen molar-refractivity contribution < 1.29 is 28.5 Å². The van der Waals surface area contributed by atoms with Gasteiger partial charge in [0.1, 0.15) is 5.76 Å². The van der Waals surface area contributed by atoms with Crippen LogP contribution in [0, 0.1) is 0 Å². The van der Waals surface area contributed by atoms with Crippen LogP contribution in [0.2, 0.25) is 0 Å². The maximum Gasteiger partial charge on any atom is 0.306 e. The molecule has 0 amide bonds. The molecule has 9 heteroatoms. The Morgan fingerprint density at radius 2 is 1.76 bits per heavy atom. The molecule has 8 nitrogen and oxygen atoms in total. The first-order valence-electron chi connectivity index (χ1n) is 11.9. The largest absolute Gasteiger partial charge is 0.502 e. The molecule has 0 spiro atoms. The lowest BCUT2D eigenvalue weighted by Crippen LogP contribution is -2.30. The maximum absolute atomic E-state index is 12.8. The van der Waals surface area contributed by atoms with Crippen LogP contribution in [0.15, 0.2) is 56.6 Å². The average molecular weight is 526 g/mol. The number of ether oxygens (including phenoxy) is 3. The normalized spacial score (nSPS) is 14.1. The van der Waals surface area contributed by atoms with Crippen LogP contribution in [0.1, 0.15) is 40.5 Å². The second-order valence-corrected chi connectivity index (χ2v) is 9.71. The number of thioether (sulfide) groups is 1. The first-order chi connectivity index (χ1) is 17.9. The Morgan fingerprint density at radius 1 is 1.08 bits per heavy atom. The quantitative estimate of drug-likeness (QED) is 0.323. The molecule has 0 radical (unpaired) electrons. The minimum absolute atomic E-state index is 0.0635. The van der Waals surface area contributed by atoms with Gasteiger partial charge in [0.25, 0.3) is 0 Å². The van der Waals surface area contributed by atoms with Crippen molar-refractivity contribution in [1.29, 1.82) is 0 Å². The van der Waals surface area contributed by atoms with Crippen molar-refractivity contribution in [2.24, 2.45) is 0 Å². The molecule has 0 bridgehead atoms. The predicted octanol–water partition coefficient (Wildman–Crippen LogP) is 4.34. The number of methoxy groups -OCH3 is 3. The molecule has 1 aromatic heterocycles. The molecule has 0 aliphatic carbocycles. The number of hydrogen-bond acceptors (Lipinski definition) is 9. The van der Waals surface area contributed by atoms with Gasteiger partial charge in [-0.1, -0.05) is 12.1 Å². The monoisotopic (exact) mass is 525 g/mol. The SMILES string of the molecule is COC(=O)C[C@@H](c1ccc(SC)cc1)c1oc(CN2CCc3cc(OC)c(OC)cc3C2)cc(=O)c1O. The summed E-state index contributed by atoms with van der Waals surface area (Å²) in [5.41, 5.74) is 2.50. The Hall–Kier alpha value is -3.43. The molecule has 0 unspecified atom stereocenters. The summed E-state index contributed by atoms with van der Waals surface area (Å²) in [6, 6.07) is 12.9. The lowest BCUT2D eigenvalue weighted by molar-refractivity contribution is -0.140. The zero-order valence-corrected chi connectivity index (χ0v) is 22.2. The van der Waals surface area contributed by atoms with Gasteiger partial charge in [-0.2, -0.15) is 0 Å². The van der Waals surface area contributed by atoms with E-state index in [4.69, 9.17) is 18.6 Å². The summed E-state index contributed by atoms with van der Waals surface area (Å²) >= 11 is 1.60. The van der Waals surface area contributed by atoms with Crippen molar-refractivity contribution >= 4 is 17.7 Å². The van der Waals surface area contributed by atoms with Gasteiger partial charge in [-0.25, -0.2) is 0 Å². The van der Waals surface area contributed by atoms with Gasteiger partial charge in [0.2, 0.25) is 11.2 Å². The van der Waals surface area contributed by atoms with E-state index in [1.54, 1.807) is 26.0 Å². The fraction of sp³-hybridized carbons (Fsp3) is 0.357. The van der Waals surface area contributed by atoms with E-state index in [0.29, 0.717) is 30.3 Å². The Morgan fingerprint density at radius 3 is 2.38 bits per heavy atom.